The van der Waals surface area contributed by atoms with Crippen LogP contribution in [0.3, 0.4) is 0 Å². The number of rotatable bonds is 4. The second-order valence-corrected chi connectivity index (χ2v) is 5.42. The maximum absolute atomic E-state index is 13.1. The number of alkyl halides is 1. The average molecular weight is 297 g/mol. The van der Waals surface area contributed by atoms with Crippen LogP contribution in [0.15, 0.2) is 42.5 Å². The largest absolute Gasteiger partial charge is 0.207 e. The molecule has 100 valence electrons. The molecule has 2 rings (SSSR count). The van der Waals surface area contributed by atoms with Gasteiger partial charge in [0.15, 0.2) is 0 Å². The van der Waals surface area contributed by atoms with Gasteiger partial charge < -0.3 is 0 Å². The summed E-state index contributed by atoms with van der Waals surface area (Å²) >= 11 is 12.0. The van der Waals surface area contributed by atoms with Gasteiger partial charge in [0.1, 0.15) is 5.82 Å². The van der Waals surface area contributed by atoms with E-state index < -0.39 is 0 Å². The molecule has 1 unspecified atom stereocenters. The van der Waals surface area contributed by atoms with Crippen LogP contribution in [-0.2, 0) is 6.42 Å². The summed E-state index contributed by atoms with van der Waals surface area (Å²) in [7, 11) is 0. The topological polar surface area (TPSA) is 0 Å². The summed E-state index contributed by atoms with van der Waals surface area (Å²) in [5.74, 6) is 0.539. The minimum Gasteiger partial charge on any atom is -0.207 e. The molecule has 0 fully saturated rings. The molecule has 0 heterocycles. The van der Waals surface area contributed by atoms with Crippen LogP contribution in [0, 0.1) is 12.7 Å². The Balaban J connectivity index is 2.21. The SMILES string of the molecule is Cc1cc(F)ccc1CC(CCl)c1ccc(Cl)cc1. The average Bonchev–Trinajstić information content (AvgIpc) is 2.39. The molecule has 1 atom stereocenters. The van der Waals surface area contributed by atoms with Crippen molar-refractivity contribution in [1.29, 1.82) is 0 Å². The zero-order chi connectivity index (χ0) is 13.8. The van der Waals surface area contributed by atoms with Crippen LogP contribution < -0.4 is 0 Å². The van der Waals surface area contributed by atoms with E-state index in [1.165, 1.54) is 6.07 Å². The Hall–Kier alpha value is -1.05. The highest BCUT2D eigenvalue weighted by Crippen LogP contribution is 2.25. The highest BCUT2D eigenvalue weighted by Gasteiger charge is 2.13. The molecule has 0 bridgehead atoms. The van der Waals surface area contributed by atoms with E-state index in [0.29, 0.717) is 5.88 Å². The van der Waals surface area contributed by atoms with Crippen molar-refractivity contribution in [2.75, 3.05) is 5.88 Å². The molecular formula is C16H15Cl2F. The molecule has 0 aliphatic heterocycles. The Bertz CT molecular complexity index is 549. The van der Waals surface area contributed by atoms with Crippen LogP contribution in [0.5, 0.6) is 0 Å². The van der Waals surface area contributed by atoms with E-state index in [-0.39, 0.29) is 11.7 Å². The van der Waals surface area contributed by atoms with Gasteiger partial charge in [-0.1, -0.05) is 29.8 Å². The summed E-state index contributed by atoms with van der Waals surface area (Å²) in [6.07, 6.45) is 0.803. The van der Waals surface area contributed by atoms with Gasteiger partial charge >= 0.3 is 0 Å². The Labute approximate surface area is 123 Å². The van der Waals surface area contributed by atoms with E-state index >= 15 is 0 Å². The zero-order valence-corrected chi connectivity index (χ0v) is 12.2. The van der Waals surface area contributed by atoms with E-state index in [4.69, 9.17) is 23.2 Å². The van der Waals surface area contributed by atoms with Crippen LogP contribution in [0.1, 0.15) is 22.6 Å². The van der Waals surface area contributed by atoms with Crippen molar-refractivity contribution in [2.24, 2.45) is 0 Å². The second kappa shape index (κ2) is 6.40. The maximum atomic E-state index is 13.1. The molecule has 19 heavy (non-hydrogen) atoms. The van der Waals surface area contributed by atoms with Gasteiger partial charge in [0.2, 0.25) is 0 Å². The van der Waals surface area contributed by atoms with E-state index in [2.05, 4.69) is 0 Å². The molecule has 2 aromatic rings. The first-order valence-electron chi connectivity index (χ1n) is 6.16. The lowest BCUT2D eigenvalue weighted by Crippen LogP contribution is -2.06. The second-order valence-electron chi connectivity index (χ2n) is 4.68. The summed E-state index contributed by atoms with van der Waals surface area (Å²) in [6, 6.07) is 12.6. The monoisotopic (exact) mass is 296 g/mol. The summed E-state index contributed by atoms with van der Waals surface area (Å²) in [4.78, 5) is 0. The van der Waals surface area contributed by atoms with Crippen LogP contribution in [0.2, 0.25) is 5.02 Å². The number of halogens is 3. The molecule has 0 aliphatic rings. The first kappa shape index (κ1) is 14.4. The molecule has 0 aliphatic carbocycles. The highest BCUT2D eigenvalue weighted by atomic mass is 35.5. The van der Waals surface area contributed by atoms with Crippen molar-refractivity contribution in [1.82, 2.24) is 0 Å². The van der Waals surface area contributed by atoms with Gasteiger partial charge in [-0.2, -0.15) is 0 Å². The van der Waals surface area contributed by atoms with E-state index in [1.807, 2.05) is 37.3 Å². The Morgan fingerprint density at radius 3 is 2.37 bits per heavy atom. The fourth-order valence-electron chi connectivity index (χ4n) is 2.15. The minimum absolute atomic E-state index is 0.199. The molecule has 0 spiro atoms. The Morgan fingerprint density at radius 2 is 1.79 bits per heavy atom. The molecule has 0 amide bonds. The summed E-state index contributed by atoms with van der Waals surface area (Å²) < 4.78 is 13.1. The smallest absolute Gasteiger partial charge is 0.123 e. The highest BCUT2D eigenvalue weighted by molar-refractivity contribution is 6.30. The zero-order valence-electron chi connectivity index (χ0n) is 10.7. The fraction of sp³-hybridized carbons (Fsp3) is 0.250. The third-order valence-electron chi connectivity index (χ3n) is 3.30. The van der Waals surface area contributed by atoms with Gasteiger partial charge in [-0.15, -0.1) is 11.6 Å². The third kappa shape index (κ3) is 3.71. The standard InChI is InChI=1S/C16H15Cl2F/c1-11-8-16(19)7-4-13(11)9-14(10-17)12-2-5-15(18)6-3-12/h2-8,14H,9-10H2,1H3. The van der Waals surface area contributed by atoms with Crippen molar-refractivity contribution < 1.29 is 4.39 Å². The number of aryl methyl sites for hydroxylation is 1. The van der Waals surface area contributed by atoms with Crippen molar-refractivity contribution in [2.45, 2.75) is 19.3 Å². The van der Waals surface area contributed by atoms with Crippen LogP contribution in [0.4, 0.5) is 4.39 Å². The van der Waals surface area contributed by atoms with E-state index in [1.54, 1.807) is 6.07 Å². The number of hydrogen-bond donors (Lipinski definition) is 0. The van der Waals surface area contributed by atoms with Crippen molar-refractivity contribution >= 4 is 23.2 Å². The lowest BCUT2D eigenvalue weighted by atomic mass is 9.91. The molecule has 0 N–H and O–H groups in total. The molecule has 0 saturated heterocycles. The molecule has 2 aromatic carbocycles. The molecule has 3 heteroatoms. The molecule has 0 aromatic heterocycles. The Kier molecular flexibility index (Phi) is 4.84. The lowest BCUT2D eigenvalue weighted by molar-refractivity contribution is 0.624. The van der Waals surface area contributed by atoms with Crippen LogP contribution in [-0.4, -0.2) is 5.88 Å². The van der Waals surface area contributed by atoms with Gasteiger partial charge in [0.05, 0.1) is 0 Å². The van der Waals surface area contributed by atoms with Gasteiger partial charge in [-0.05, 0) is 54.3 Å². The number of benzene rings is 2. The quantitative estimate of drug-likeness (QED) is 0.667. The fourth-order valence-corrected chi connectivity index (χ4v) is 2.56. The number of hydrogen-bond acceptors (Lipinski definition) is 0. The molecule has 0 saturated carbocycles. The summed E-state index contributed by atoms with van der Waals surface area (Å²) in [6.45, 7) is 1.92. The summed E-state index contributed by atoms with van der Waals surface area (Å²) in [5, 5.41) is 0.718. The van der Waals surface area contributed by atoms with Crippen molar-refractivity contribution in [3.8, 4) is 0 Å². The van der Waals surface area contributed by atoms with E-state index in [9.17, 15) is 4.39 Å². The summed E-state index contributed by atoms with van der Waals surface area (Å²) in [5.41, 5.74) is 3.24. The molecule has 0 radical (unpaired) electrons. The van der Waals surface area contributed by atoms with Crippen molar-refractivity contribution in [3.05, 3.63) is 70.0 Å². The Morgan fingerprint density at radius 1 is 1.11 bits per heavy atom. The molecular weight excluding hydrogens is 282 g/mol. The van der Waals surface area contributed by atoms with Gasteiger partial charge in [0, 0.05) is 16.8 Å². The predicted molar refractivity (Wildman–Crippen MR) is 79.8 cm³/mol. The van der Waals surface area contributed by atoms with Gasteiger partial charge in [0.25, 0.3) is 0 Å². The lowest BCUT2D eigenvalue weighted by Gasteiger charge is -2.16. The van der Waals surface area contributed by atoms with Crippen LogP contribution in [0.25, 0.3) is 0 Å². The first-order chi connectivity index (χ1) is 9.10. The maximum Gasteiger partial charge on any atom is 0.123 e. The van der Waals surface area contributed by atoms with Gasteiger partial charge in [-0.3, -0.25) is 0 Å². The molecule has 0 nitrogen and oxygen atoms in total. The third-order valence-corrected chi connectivity index (χ3v) is 3.92. The normalized spacial score (nSPS) is 12.4. The predicted octanol–water partition coefficient (Wildman–Crippen LogP) is 5.35. The first-order valence-corrected chi connectivity index (χ1v) is 7.08. The van der Waals surface area contributed by atoms with Gasteiger partial charge in [-0.25, -0.2) is 4.39 Å². The van der Waals surface area contributed by atoms with Crippen LogP contribution >= 0.6 is 23.2 Å². The van der Waals surface area contributed by atoms with Crippen molar-refractivity contribution in [3.63, 3.8) is 0 Å². The van der Waals surface area contributed by atoms with E-state index in [0.717, 1.165) is 28.1 Å². The minimum atomic E-state index is -0.199.